The van der Waals surface area contributed by atoms with E-state index in [4.69, 9.17) is 16.3 Å². The molecule has 0 bridgehead atoms. The van der Waals surface area contributed by atoms with Crippen molar-refractivity contribution in [3.05, 3.63) is 34.9 Å². The third-order valence-electron chi connectivity index (χ3n) is 2.53. The van der Waals surface area contributed by atoms with Crippen molar-refractivity contribution in [1.82, 2.24) is 0 Å². The highest BCUT2D eigenvalue weighted by atomic mass is 16.5. The Balaban J connectivity index is 2.81. The molecule has 3 heteroatoms. The molecule has 0 saturated heterocycles. The van der Waals surface area contributed by atoms with E-state index >= 15 is 0 Å². The first-order chi connectivity index (χ1) is 7.85. The molecule has 0 aliphatic heterocycles. The lowest BCUT2D eigenvalue weighted by Gasteiger charge is -2.19. The largest absolute Gasteiger partial charge is 0.478 e. The van der Waals surface area contributed by atoms with E-state index in [1.807, 2.05) is 20.8 Å². The van der Waals surface area contributed by atoms with Crippen LogP contribution in [0.15, 0.2) is 18.2 Å². The monoisotopic (exact) mass is 232 g/mol. The Kier molecular flexibility index (Phi) is 3.93. The van der Waals surface area contributed by atoms with E-state index < -0.39 is 11.6 Å². The van der Waals surface area contributed by atoms with Gasteiger partial charge < -0.3 is 9.84 Å². The summed E-state index contributed by atoms with van der Waals surface area (Å²) in [7, 11) is 0. The van der Waals surface area contributed by atoms with E-state index in [2.05, 4.69) is 5.92 Å². The number of hydrogen-bond donors (Lipinski definition) is 1. The Labute approximate surface area is 101 Å². The SMILES string of the molecule is C#CC(C)(C)OCc1ccc(C(=O)O)cc1C. The fourth-order valence-corrected chi connectivity index (χ4v) is 1.29. The van der Waals surface area contributed by atoms with Crippen molar-refractivity contribution in [3.63, 3.8) is 0 Å². The van der Waals surface area contributed by atoms with Gasteiger partial charge in [0.15, 0.2) is 0 Å². The van der Waals surface area contributed by atoms with Crippen LogP contribution in [0.25, 0.3) is 0 Å². The smallest absolute Gasteiger partial charge is 0.335 e. The van der Waals surface area contributed by atoms with Crippen LogP contribution in [0.1, 0.15) is 35.3 Å². The molecule has 0 radical (unpaired) electrons. The third kappa shape index (κ3) is 3.61. The highest BCUT2D eigenvalue weighted by Gasteiger charge is 2.15. The summed E-state index contributed by atoms with van der Waals surface area (Å²) < 4.78 is 5.56. The van der Waals surface area contributed by atoms with Crippen LogP contribution in [0.3, 0.4) is 0 Å². The number of rotatable bonds is 4. The standard InChI is InChI=1S/C14H16O3/c1-5-14(3,4)17-9-12-7-6-11(13(15)16)8-10(12)2/h1,6-8H,9H2,2-4H3,(H,15,16). The van der Waals surface area contributed by atoms with Gasteiger partial charge in [0.2, 0.25) is 0 Å². The molecule has 0 amide bonds. The molecule has 1 N–H and O–H groups in total. The zero-order chi connectivity index (χ0) is 13.1. The maximum Gasteiger partial charge on any atom is 0.335 e. The molecule has 1 rings (SSSR count). The maximum atomic E-state index is 10.8. The highest BCUT2D eigenvalue weighted by Crippen LogP contribution is 2.16. The molecule has 90 valence electrons. The molecule has 0 unspecified atom stereocenters. The Bertz CT molecular complexity index is 467. The Morgan fingerprint density at radius 1 is 1.53 bits per heavy atom. The summed E-state index contributed by atoms with van der Waals surface area (Å²) in [6, 6.07) is 4.95. The first-order valence-corrected chi connectivity index (χ1v) is 5.30. The Morgan fingerprint density at radius 2 is 2.18 bits per heavy atom. The second-order valence-corrected chi connectivity index (χ2v) is 4.39. The summed E-state index contributed by atoms with van der Waals surface area (Å²) in [4.78, 5) is 10.8. The van der Waals surface area contributed by atoms with Gasteiger partial charge in [-0.2, -0.15) is 0 Å². The van der Waals surface area contributed by atoms with Gasteiger partial charge in [-0.1, -0.05) is 12.0 Å². The van der Waals surface area contributed by atoms with E-state index in [1.165, 1.54) is 0 Å². The number of benzene rings is 1. The molecular weight excluding hydrogens is 216 g/mol. The molecular formula is C14H16O3. The topological polar surface area (TPSA) is 46.5 Å². The van der Waals surface area contributed by atoms with Gasteiger partial charge in [-0.25, -0.2) is 4.79 Å². The van der Waals surface area contributed by atoms with Crippen molar-refractivity contribution in [2.45, 2.75) is 33.0 Å². The second kappa shape index (κ2) is 5.03. The highest BCUT2D eigenvalue weighted by molar-refractivity contribution is 5.87. The van der Waals surface area contributed by atoms with Crippen LogP contribution >= 0.6 is 0 Å². The molecule has 3 nitrogen and oxygen atoms in total. The Morgan fingerprint density at radius 3 is 2.65 bits per heavy atom. The van der Waals surface area contributed by atoms with E-state index in [9.17, 15) is 4.79 Å². The van der Waals surface area contributed by atoms with Gasteiger partial charge >= 0.3 is 5.97 Å². The van der Waals surface area contributed by atoms with Gasteiger partial charge in [-0.15, -0.1) is 6.42 Å². The third-order valence-corrected chi connectivity index (χ3v) is 2.53. The number of carboxylic acid groups (broad SMARTS) is 1. The van der Waals surface area contributed by atoms with Crippen molar-refractivity contribution < 1.29 is 14.6 Å². The molecule has 17 heavy (non-hydrogen) atoms. The molecule has 0 aliphatic rings. The van der Waals surface area contributed by atoms with Crippen LogP contribution in [-0.2, 0) is 11.3 Å². The first kappa shape index (κ1) is 13.3. The van der Waals surface area contributed by atoms with Crippen molar-refractivity contribution in [1.29, 1.82) is 0 Å². The van der Waals surface area contributed by atoms with Crippen molar-refractivity contribution >= 4 is 5.97 Å². The van der Waals surface area contributed by atoms with Gasteiger partial charge in [0.1, 0.15) is 5.60 Å². The maximum absolute atomic E-state index is 10.8. The quantitative estimate of drug-likeness (QED) is 0.812. The summed E-state index contributed by atoms with van der Waals surface area (Å²) in [6.07, 6.45) is 5.32. The zero-order valence-corrected chi connectivity index (χ0v) is 10.3. The van der Waals surface area contributed by atoms with Crippen LogP contribution in [0.2, 0.25) is 0 Å². The summed E-state index contributed by atoms with van der Waals surface area (Å²) in [5.74, 6) is 1.62. The van der Waals surface area contributed by atoms with Crippen LogP contribution in [0, 0.1) is 19.3 Å². The predicted octanol–water partition coefficient (Wildman–Crippen LogP) is 2.62. The Hall–Kier alpha value is -1.79. The number of ether oxygens (including phenoxy) is 1. The van der Waals surface area contributed by atoms with Crippen molar-refractivity contribution in [2.24, 2.45) is 0 Å². The molecule has 0 fully saturated rings. The minimum absolute atomic E-state index is 0.280. The lowest BCUT2D eigenvalue weighted by Crippen LogP contribution is -2.21. The summed E-state index contributed by atoms with van der Waals surface area (Å²) in [5, 5.41) is 8.84. The fraction of sp³-hybridized carbons (Fsp3) is 0.357. The van der Waals surface area contributed by atoms with Crippen LogP contribution < -0.4 is 0 Å². The van der Waals surface area contributed by atoms with Crippen molar-refractivity contribution in [2.75, 3.05) is 0 Å². The predicted molar refractivity (Wildman–Crippen MR) is 65.8 cm³/mol. The number of hydrogen-bond acceptors (Lipinski definition) is 2. The van der Waals surface area contributed by atoms with Gasteiger partial charge in [-0.3, -0.25) is 0 Å². The molecule has 0 aliphatic carbocycles. The van der Waals surface area contributed by atoms with Crippen LogP contribution in [-0.4, -0.2) is 16.7 Å². The summed E-state index contributed by atoms with van der Waals surface area (Å²) >= 11 is 0. The number of carboxylic acids is 1. The van der Waals surface area contributed by atoms with Crippen LogP contribution in [0.5, 0.6) is 0 Å². The van der Waals surface area contributed by atoms with Gasteiger partial charge in [0, 0.05) is 0 Å². The second-order valence-electron chi connectivity index (χ2n) is 4.39. The van der Waals surface area contributed by atoms with Gasteiger partial charge in [-0.05, 0) is 44.0 Å². The molecule has 1 aromatic rings. The van der Waals surface area contributed by atoms with E-state index in [1.54, 1.807) is 18.2 Å². The van der Waals surface area contributed by atoms with E-state index in [0.29, 0.717) is 6.61 Å². The van der Waals surface area contributed by atoms with Crippen LogP contribution in [0.4, 0.5) is 0 Å². The summed E-state index contributed by atoms with van der Waals surface area (Å²) in [5.41, 5.74) is 1.50. The molecule has 0 heterocycles. The lowest BCUT2D eigenvalue weighted by atomic mass is 10.1. The molecule has 0 aromatic heterocycles. The molecule has 1 aromatic carbocycles. The number of aryl methyl sites for hydroxylation is 1. The van der Waals surface area contributed by atoms with Gasteiger partial charge in [0.05, 0.1) is 12.2 Å². The number of terminal acetylenes is 1. The van der Waals surface area contributed by atoms with Crippen molar-refractivity contribution in [3.8, 4) is 12.3 Å². The average Bonchev–Trinajstić information content (AvgIpc) is 2.27. The molecule has 0 spiro atoms. The van der Waals surface area contributed by atoms with Gasteiger partial charge in [0.25, 0.3) is 0 Å². The van der Waals surface area contributed by atoms with E-state index in [-0.39, 0.29) is 5.56 Å². The first-order valence-electron chi connectivity index (χ1n) is 5.30. The lowest BCUT2D eigenvalue weighted by molar-refractivity contribution is 0.0143. The summed E-state index contributed by atoms with van der Waals surface area (Å²) in [6.45, 7) is 5.86. The molecule has 0 atom stereocenters. The fourth-order valence-electron chi connectivity index (χ4n) is 1.29. The zero-order valence-electron chi connectivity index (χ0n) is 10.3. The minimum atomic E-state index is -0.926. The van der Waals surface area contributed by atoms with E-state index in [0.717, 1.165) is 11.1 Å². The number of carbonyl (C=O) groups is 1. The number of aromatic carboxylic acids is 1. The average molecular weight is 232 g/mol. The normalized spacial score (nSPS) is 10.9. The minimum Gasteiger partial charge on any atom is -0.478 e. The molecule has 0 saturated carbocycles.